The van der Waals surface area contributed by atoms with Crippen molar-refractivity contribution in [2.75, 3.05) is 0 Å². The molecule has 1 saturated carbocycles. The van der Waals surface area contributed by atoms with Gasteiger partial charge in [0.05, 0.1) is 0 Å². The molecule has 2 heterocycles. The first-order valence-electron chi connectivity index (χ1n) is 3.56. The standard InChI is InChI=1S/C7H13N/c1-5(2)8-6-3-7(8)4-6/h5-7H,3-4H2,1-2H3. The van der Waals surface area contributed by atoms with Gasteiger partial charge in [-0.25, -0.2) is 0 Å². The van der Waals surface area contributed by atoms with Gasteiger partial charge in [0.15, 0.2) is 0 Å². The molecule has 2 saturated heterocycles. The third-order valence-corrected chi connectivity index (χ3v) is 2.53. The maximum atomic E-state index is 2.61. The molecule has 0 amide bonds. The Bertz CT molecular complexity index is 92.2. The van der Waals surface area contributed by atoms with E-state index in [9.17, 15) is 0 Å². The van der Waals surface area contributed by atoms with E-state index in [4.69, 9.17) is 0 Å². The Morgan fingerprint density at radius 3 is 1.75 bits per heavy atom. The van der Waals surface area contributed by atoms with Gasteiger partial charge >= 0.3 is 0 Å². The lowest BCUT2D eigenvalue weighted by molar-refractivity contribution is -0.128. The molecule has 2 aliphatic heterocycles. The van der Waals surface area contributed by atoms with Crippen LogP contribution in [-0.2, 0) is 0 Å². The molecule has 0 aromatic carbocycles. The van der Waals surface area contributed by atoms with Gasteiger partial charge in [0.25, 0.3) is 0 Å². The van der Waals surface area contributed by atoms with Crippen LogP contribution in [0.3, 0.4) is 0 Å². The van der Waals surface area contributed by atoms with Crippen LogP contribution in [0.2, 0.25) is 0 Å². The van der Waals surface area contributed by atoms with Crippen LogP contribution in [-0.4, -0.2) is 23.0 Å². The summed E-state index contributed by atoms with van der Waals surface area (Å²) in [4.78, 5) is 2.61. The SMILES string of the molecule is CC(C)N1C2CC1C2. The number of hydrogen-bond donors (Lipinski definition) is 0. The lowest BCUT2D eigenvalue weighted by atomic mass is 9.71. The second-order valence-electron chi connectivity index (χ2n) is 3.32. The molecule has 0 aromatic heterocycles. The van der Waals surface area contributed by atoms with E-state index in [1.807, 2.05) is 0 Å². The summed E-state index contributed by atoms with van der Waals surface area (Å²) in [6.07, 6.45) is 3.00. The van der Waals surface area contributed by atoms with Gasteiger partial charge in [-0.3, -0.25) is 4.90 Å². The fraction of sp³-hybridized carbons (Fsp3) is 1.00. The molecule has 3 rings (SSSR count). The van der Waals surface area contributed by atoms with E-state index in [0.717, 1.165) is 18.1 Å². The molecule has 3 fully saturated rings. The smallest absolute Gasteiger partial charge is 0.0131 e. The maximum Gasteiger partial charge on any atom is 0.0131 e. The fourth-order valence-electron chi connectivity index (χ4n) is 1.91. The highest BCUT2D eigenvalue weighted by molar-refractivity contribution is 5.07. The van der Waals surface area contributed by atoms with E-state index in [1.54, 1.807) is 0 Å². The van der Waals surface area contributed by atoms with Crippen LogP contribution in [0.5, 0.6) is 0 Å². The Hall–Kier alpha value is -0.0400. The average Bonchev–Trinajstić information content (AvgIpc) is 1.14. The van der Waals surface area contributed by atoms with Crippen molar-refractivity contribution in [1.82, 2.24) is 4.90 Å². The minimum atomic E-state index is 0.812. The van der Waals surface area contributed by atoms with Crippen LogP contribution in [0.4, 0.5) is 0 Å². The molecule has 3 aliphatic rings. The monoisotopic (exact) mass is 111 g/mol. The minimum Gasteiger partial charge on any atom is -0.295 e. The maximum absolute atomic E-state index is 2.61. The van der Waals surface area contributed by atoms with E-state index in [1.165, 1.54) is 12.8 Å². The molecule has 0 spiro atoms. The molecule has 0 aromatic rings. The van der Waals surface area contributed by atoms with Crippen LogP contribution >= 0.6 is 0 Å². The van der Waals surface area contributed by atoms with Gasteiger partial charge in [-0.05, 0) is 26.7 Å². The summed E-state index contributed by atoms with van der Waals surface area (Å²) in [6, 6.07) is 2.81. The third kappa shape index (κ3) is 0.368. The molecular weight excluding hydrogens is 98.1 g/mol. The second-order valence-corrected chi connectivity index (χ2v) is 3.32. The first-order valence-corrected chi connectivity index (χ1v) is 3.56. The fourth-order valence-corrected chi connectivity index (χ4v) is 1.91. The molecular formula is C7H13N. The molecule has 8 heavy (non-hydrogen) atoms. The summed E-state index contributed by atoms with van der Waals surface area (Å²) in [6.45, 7) is 4.58. The minimum absolute atomic E-state index is 0.812. The molecule has 1 aliphatic carbocycles. The average molecular weight is 111 g/mol. The normalized spacial score (nSPS) is 43.9. The molecule has 2 bridgehead atoms. The van der Waals surface area contributed by atoms with Crippen LogP contribution in [0, 0.1) is 0 Å². The topological polar surface area (TPSA) is 3.24 Å². The van der Waals surface area contributed by atoms with Crippen molar-refractivity contribution in [3.05, 3.63) is 0 Å². The summed E-state index contributed by atoms with van der Waals surface area (Å²) in [7, 11) is 0. The lowest BCUT2D eigenvalue weighted by Crippen LogP contribution is -2.70. The Morgan fingerprint density at radius 2 is 1.75 bits per heavy atom. The van der Waals surface area contributed by atoms with Gasteiger partial charge in [-0.15, -0.1) is 0 Å². The van der Waals surface area contributed by atoms with Gasteiger partial charge < -0.3 is 0 Å². The molecule has 0 radical (unpaired) electrons. The molecule has 0 unspecified atom stereocenters. The highest BCUT2D eigenvalue weighted by Gasteiger charge is 2.50. The summed E-state index contributed by atoms with van der Waals surface area (Å²) in [5.41, 5.74) is 0. The zero-order chi connectivity index (χ0) is 5.72. The van der Waals surface area contributed by atoms with Gasteiger partial charge in [0.1, 0.15) is 0 Å². The summed E-state index contributed by atoms with van der Waals surface area (Å²) in [5.74, 6) is 0. The van der Waals surface area contributed by atoms with Crippen LogP contribution in [0.15, 0.2) is 0 Å². The largest absolute Gasteiger partial charge is 0.295 e. The zero-order valence-electron chi connectivity index (χ0n) is 5.59. The molecule has 46 valence electrons. The van der Waals surface area contributed by atoms with E-state index in [2.05, 4.69) is 18.7 Å². The molecule has 0 atom stereocenters. The van der Waals surface area contributed by atoms with Crippen molar-refractivity contribution in [1.29, 1.82) is 0 Å². The third-order valence-electron chi connectivity index (χ3n) is 2.53. The number of hydrogen-bond acceptors (Lipinski definition) is 1. The van der Waals surface area contributed by atoms with Crippen LogP contribution in [0.25, 0.3) is 0 Å². The molecule has 0 N–H and O–H groups in total. The quantitative estimate of drug-likeness (QED) is 0.492. The van der Waals surface area contributed by atoms with Crippen molar-refractivity contribution < 1.29 is 0 Å². The van der Waals surface area contributed by atoms with Crippen LogP contribution < -0.4 is 0 Å². The zero-order valence-corrected chi connectivity index (χ0v) is 5.59. The van der Waals surface area contributed by atoms with Crippen molar-refractivity contribution >= 4 is 0 Å². The van der Waals surface area contributed by atoms with Gasteiger partial charge in [-0.2, -0.15) is 0 Å². The first kappa shape index (κ1) is 4.80. The second kappa shape index (κ2) is 1.27. The first-order chi connectivity index (χ1) is 3.79. The van der Waals surface area contributed by atoms with Gasteiger partial charge in [-0.1, -0.05) is 0 Å². The van der Waals surface area contributed by atoms with Crippen molar-refractivity contribution in [3.8, 4) is 0 Å². The number of nitrogens with zero attached hydrogens (tertiary/aromatic N) is 1. The predicted octanol–water partition coefficient (Wildman–Crippen LogP) is 1.24. The predicted molar refractivity (Wildman–Crippen MR) is 33.8 cm³/mol. The molecule has 1 nitrogen and oxygen atoms in total. The van der Waals surface area contributed by atoms with Crippen molar-refractivity contribution in [2.45, 2.75) is 44.8 Å². The van der Waals surface area contributed by atoms with Gasteiger partial charge in [0, 0.05) is 18.1 Å². The Kier molecular flexibility index (Phi) is 0.762. The van der Waals surface area contributed by atoms with E-state index in [0.29, 0.717) is 0 Å². The lowest BCUT2D eigenvalue weighted by Gasteiger charge is -2.63. The van der Waals surface area contributed by atoms with Crippen LogP contribution in [0.1, 0.15) is 26.7 Å². The Labute approximate surface area is 50.7 Å². The Balaban J connectivity index is 1.94. The van der Waals surface area contributed by atoms with E-state index < -0.39 is 0 Å². The highest BCUT2D eigenvalue weighted by atomic mass is 15.3. The summed E-state index contributed by atoms with van der Waals surface area (Å²) < 4.78 is 0. The van der Waals surface area contributed by atoms with E-state index in [-0.39, 0.29) is 0 Å². The highest BCUT2D eigenvalue weighted by Crippen LogP contribution is 2.45. The van der Waals surface area contributed by atoms with E-state index >= 15 is 0 Å². The summed E-state index contributed by atoms with van der Waals surface area (Å²) in [5, 5.41) is 0. The molecule has 1 heteroatoms. The number of rotatable bonds is 1. The van der Waals surface area contributed by atoms with Gasteiger partial charge in [0.2, 0.25) is 0 Å². The van der Waals surface area contributed by atoms with Crippen molar-refractivity contribution in [3.63, 3.8) is 0 Å². The van der Waals surface area contributed by atoms with Crippen molar-refractivity contribution in [2.24, 2.45) is 0 Å². The Morgan fingerprint density at radius 1 is 1.25 bits per heavy atom. The summed E-state index contributed by atoms with van der Waals surface area (Å²) >= 11 is 0.